The van der Waals surface area contributed by atoms with Crippen LogP contribution in [-0.2, 0) is 6.42 Å². The Kier molecular flexibility index (Phi) is 9.97. The number of aliphatic hydroxyl groups excluding tert-OH is 2. The molecule has 0 radical (unpaired) electrons. The number of aryl methyl sites for hydroxylation is 1. The van der Waals surface area contributed by atoms with Crippen molar-refractivity contribution < 1.29 is 10.2 Å². The molecule has 2 nitrogen and oxygen atoms in total. The van der Waals surface area contributed by atoms with Gasteiger partial charge in [0.2, 0.25) is 0 Å². The average Bonchev–Trinajstić information content (AvgIpc) is 3.17. The summed E-state index contributed by atoms with van der Waals surface area (Å²) in [6, 6.07) is 10.5. The lowest BCUT2D eigenvalue weighted by atomic mass is 9.63. The third-order valence-electron chi connectivity index (χ3n) is 8.48. The number of aliphatic hydroxyl groups is 2. The topological polar surface area (TPSA) is 40.5 Å². The smallest absolute Gasteiger partial charge is 0.0787 e. The molecule has 2 N–H and O–H groups in total. The quantitative estimate of drug-likeness (QED) is 0.439. The van der Waals surface area contributed by atoms with E-state index < -0.39 is 0 Å². The van der Waals surface area contributed by atoms with Crippen molar-refractivity contribution in [2.24, 2.45) is 17.3 Å². The lowest BCUT2D eigenvalue weighted by Crippen LogP contribution is -2.33. The van der Waals surface area contributed by atoms with Gasteiger partial charge < -0.3 is 10.2 Å². The van der Waals surface area contributed by atoms with Gasteiger partial charge in [-0.1, -0.05) is 80.6 Å². The van der Waals surface area contributed by atoms with E-state index >= 15 is 0 Å². The summed E-state index contributed by atoms with van der Waals surface area (Å²) in [6.45, 7) is 10.6. The molecule has 0 saturated heterocycles. The summed E-state index contributed by atoms with van der Waals surface area (Å²) in [5.41, 5.74) is 5.60. The molecule has 0 amide bonds. The summed E-state index contributed by atoms with van der Waals surface area (Å²) in [4.78, 5) is 0. The van der Waals surface area contributed by atoms with Gasteiger partial charge in [0, 0.05) is 0 Å². The molecule has 0 spiro atoms. The van der Waals surface area contributed by atoms with Gasteiger partial charge in [-0.3, -0.25) is 0 Å². The maximum absolute atomic E-state index is 10.0. The van der Waals surface area contributed by atoms with Crippen LogP contribution in [0.2, 0.25) is 0 Å². The molecule has 3 fully saturated rings. The maximum Gasteiger partial charge on any atom is 0.0787 e. The van der Waals surface area contributed by atoms with Gasteiger partial charge >= 0.3 is 0 Å². The Labute approximate surface area is 208 Å². The van der Waals surface area contributed by atoms with Crippen LogP contribution in [0, 0.1) is 17.3 Å². The molecule has 3 saturated carbocycles. The monoisotopic (exact) mass is 462 g/mol. The predicted molar refractivity (Wildman–Crippen MR) is 145 cm³/mol. The van der Waals surface area contributed by atoms with Crippen molar-refractivity contribution in [3.05, 3.63) is 83.5 Å². The first-order valence-electron chi connectivity index (χ1n) is 13.5. The van der Waals surface area contributed by atoms with Crippen LogP contribution in [0.4, 0.5) is 0 Å². The summed E-state index contributed by atoms with van der Waals surface area (Å²) in [5, 5.41) is 19.5. The zero-order chi connectivity index (χ0) is 24.6. The van der Waals surface area contributed by atoms with Crippen LogP contribution in [-0.4, -0.2) is 22.4 Å². The Balaban J connectivity index is 0.000000343. The van der Waals surface area contributed by atoms with E-state index in [4.69, 9.17) is 0 Å². The second-order valence-electron chi connectivity index (χ2n) is 10.8. The first kappa shape index (κ1) is 26.7. The van der Waals surface area contributed by atoms with Crippen molar-refractivity contribution in [1.29, 1.82) is 0 Å². The van der Waals surface area contributed by atoms with E-state index in [9.17, 15) is 10.2 Å². The highest BCUT2D eigenvalue weighted by Gasteiger charge is 2.48. The zero-order valence-corrected chi connectivity index (χ0v) is 21.7. The summed E-state index contributed by atoms with van der Waals surface area (Å²) in [5.74, 6) is 1.42. The van der Waals surface area contributed by atoms with E-state index in [0.717, 1.165) is 43.6 Å². The van der Waals surface area contributed by atoms with Crippen LogP contribution in [0.5, 0.6) is 0 Å². The summed E-state index contributed by atoms with van der Waals surface area (Å²) in [6.07, 6.45) is 19.7. The van der Waals surface area contributed by atoms with Gasteiger partial charge in [-0.15, -0.1) is 0 Å². The molecule has 1 aromatic rings. The standard InChI is InChI=1S/C24H36O2.C8H10/c1-17(25)7-4-10-21-14-15-22-20(9-6-16-24(21,22)3)13-12-19-8-5-11-23(26)18(19)2;1-2-8-6-4-3-5-7-8/h4,7,12-13,17,21-23,25-26H,2,5-6,8-11,14-16H2,1,3H3;3-7H,2H2,1H3/b7-4+,19-12-,20-13+;/t17?,21?,22?,23?,24-;/m1./s1. The number of hydrogen-bond acceptors (Lipinski definition) is 2. The van der Waals surface area contributed by atoms with Crippen LogP contribution < -0.4 is 0 Å². The van der Waals surface area contributed by atoms with E-state index in [2.05, 4.69) is 62.9 Å². The molecule has 0 aromatic heterocycles. The van der Waals surface area contributed by atoms with E-state index in [1.807, 2.05) is 19.1 Å². The van der Waals surface area contributed by atoms with Gasteiger partial charge in [-0.05, 0) is 105 Å². The summed E-state index contributed by atoms with van der Waals surface area (Å²) in [7, 11) is 0. The molecule has 4 unspecified atom stereocenters. The Hall–Kier alpha value is -1.90. The minimum absolute atomic E-state index is 0.340. The Bertz CT molecular complexity index is 876. The summed E-state index contributed by atoms with van der Waals surface area (Å²) < 4.78 is 0. The van der Waals surface area contributed by atoms with Gasteiger partial charge in [0.1, 0.15) is 0 Å². The van der Waals surface area contributed by atoms with Crippen LogP contribution >= 0.6 is 0 Å². The van der Waals surface area contributed by atoms with Crippen molar-refractivity contribution in [1.82, 2.24) is 0 Å². The number of benzene rings is 1. The molecule has 0 bridgehead atoms. The second kappa shape index (κ2) is 12.7. The number of rotatable bonds is 5. The summed E-state index contributed by atoms with van der Waals surface area (Å²) >= 11 is 0. The molecule has 3 aliphatic carbocycles. The zero-order valence-electron chi connectivity index (χ0n) is 21.7. The fourth-order valence-electron chi connectivity index (χ4n) is 6.32. The third-order valence-corrected chi connectivity index (χ3v) is 8.48. The van der Waals surface area contributed by atoms with E-state index in [-0.39, 0.29) is 12.2 Å². The van der Waals surface area contributed by atoms with E-state index in [0.29, 0.717) is 11.3 Å². The molecule has 34 heavy (non-hydrogen) atoms. The van der Waals surface area contributed by atoms with E-state index in [1.54, 1.807) is 5.57 Å². The van der Waals surface area contributed by atoms with Crippen molar-refractivity contribution >= 4 is 0 Å². The average molecular weight is 463 g/mol. The lowest BCUT2D eigenvalue weighted by Gasteiger charge is -2.42. The largest absolute Gasteiger partial charge is 0.389 e. The normalized spacial score (nSPS) is 32.5. The Morgan fingerprint density at radius 2 is 1.85 bits per heavy atom. The third kappa shape index (κ3) is 6.83. The molecular formula is C32H46O2. The Morgan fingerprint density at radius 3 is 2.53 bits per heavy atom. The minimum Gasteiger partial charge on any atom is -0.389 e. The predicted octanol–water partition coefficient (Wildman–Crippen LogP) is 7.73. The number of hydrogen-bond donors (Lipinski definition) is 2. The van der Waals surface area contributed by atoms with Gasteiger partial charge in [0.25, 0.3) is 0 Å². The Morgan fingerprint density at radius 1 is 1.09 bits per heavy atom. The molecule has 2 heteroatoms. The molecule has 4 rings (SSSR count). The number of fused-ring (bicyclic) bond motifs is 1. The van der Waals surface area contributed by atoms with Gasteiger partial charge in [-0.2, -0.15) is 0 Å². The molecule has 0 heterocycles. The molecule has 1 aromatic carbocycles. The van der Waals surface area contributed by atoms with Gasteiger partial charge in [0.15, 0.2) is 0 Å². The van der Waals surface area contributed by atoms with Crippen LogP contribution in [0.3, 0.4) is 0 Å². The first-order valence-corrected chi connectivity index (χ1v) is 13.5. The van der Waals surface area contributed by atoms with Crippen molar-refractivity contribution in [2.45, 2.75) is 97.2 Å². The van der Waals surface area contributed by atoms with Crippen LogP contribution in [0.1, 0.15) is 84.1 Å². The SMILES string of the molecule is C=C1/C(=C\C=C2/CCC[C@]3(C)C(C/C=C/C(C)O)CCC23)CCCC1O.CCc1ccccc1. The molecule has 0 aliphatic heterocycles. The van der Waals surface area contributed by atoms with Crippen molar-refractivity contribution in [3.8, 4) is 0 Å². The highest BCUT2D eigenvalue weighted by atomic mass is 16.3. The van der Waals surface area contributed by atoms with Gasteiger partial charge in [0.05, 0.1) is 12.2 Å². The molecule has 186 valence electrons. The number of allylic oxidation sites excluding steroid dienone is 4. The fourth-order valence-corrected chi connectivity index (χ4v) is 6.32. The minimum atomic E-state index is -0.346. The lowest BCUT2D eigenvalue weighted by molar-refractivity contribution is 0.137. The second-order valence-corrected chi connectivity index (χ2v) is 10.8. The van der Waals surface area contributed by atoms with Gasteiger partial charge in [-0.25, -0.2) is 0 Å². The van der Waals surface area contributed by atoms with Crippen LogP contribution in [0.15, 0.2) is 77.9 Å². The van der Waals surface area contributed by atoms with E-state index in [1.165, 1.54) is 43.2 Å². The van der Waals surface area contributed by atoms with Crippen molar-refractivity contribution in [2.75, 3.05) is 0 Å². The maximum atomic E-state index is 10.0. The van der Waals surface area contributed by atoms with Crippen LogP contribution in [0.25, 0.3) is 0 Å². The van der Waals surface area contributed by atoms with Crippen molar-refractivity contribution in [3.63, 3.8) is 0 Å². The highest BCUT2D eigenvalue weighted by molar-refractivity contribution is 5.37. The fraction of sp³-hybridized carbons (Fsp3) is 0.562. The highest BCUT2D eigenvalue weighted by Crippen LogP contribution is 2.58. The molecule has 5 atom stereocenters. The molecule has 3 aliphatic rings. The molecular weight excluding hydrogens is 416 g/mol. The first-order chi connectivity index (χ1) is 16.3.